The molecule has 0 spiro atoms. The third-order valence-corrected chi connectivity index (χ3v) is 5.47. The number of aromatic nitrogens is 4. The number of nitrogens with zero attached hydrogens (tertiary/aromatic N) is 5. The molecule has 3 aromatic heterocycles. The van der Waals surface area contributed by atoms with Gasteiger partial charge in [-0.1, -0.05) is 24.6 Å². The average molecular weight is 365 g/mol. The molecule has 132 valence electrons. The Bertz CT molecular complexity index is 1150. The second-order valence-electron chi connectivity index (χ2n) is 6.33. The third-order valence-electron chi connectivity index (χ3n) is 4.39. The summed E-state index contributed by atoms with van der Waals surface area (Å²) in [6.07, 6.45) is 4.16. The largest absolute Gasteiger partial charge is 0.359 e. The van der Waals surface area contributed by atoms with Crippen LogP contribution in [0.2, 0.25) is 0 Å². The molecule has 0 saturated carbocycles. The quantitative estimate of drug-likeness (QED) is 0.553. The molecule has 4 aromatic rings. The molecular formula is C19H19N5OS. The van der Waals surface area contributed by atoms with Crippen molar-refractivity contribution in [2.24, 2.45) is 0 Å². The maximum Gasteiger partial charge on any atom is 0.275 e. The third kappa shape index (κ3) is 2.64. The van der Waals surface area contributed by atoms with E-state index in [2.05, 4.69) is 26.8 Å². The summed E-state index contributed by atoms with van der Waals surface area (Å²) in [6, 6.07) is 7.83. The predicted molar refractivity (Wildman–Crippen MR) is 107 cm³/mol. The Morgan fingerprint density at radius 2 is 1.92 bits per heavy atom. The summed E-state index contributed by atoms with van der Waals surface area (Å²) in [7, 11) is 2.00. The molecule has 0 N–H and O–H groups in total. The van der Waals surface area contributed by atoms with Gasteiger partial charge in [-0.15, -0.1) is 11.3 Å². The molecule has 0 radical (unpaired) electrons. The Morgan fingerprint density at radius 3 is 2.65 bits per heavy atom. The standard InChI is InChI=1S/C19H19N5OS/c1-4-9-23(3)17-14-15-16(26-18(14)21-10-20-17)19(25)24(11-22-15)13-7-5-12(2)6-8-13/h5-8,10-11H,4,9H2,1-3H3. The van der Waals surface area contributed by atoms with Crippen LogP contribution in [0.4, 0.5) is 5.82 Å². The molecule has 0 saturated heterocycles. The fraction of sp³-hybridized carbons (Fsp3) is 0.263. The molecular weight excluding hydrogens is 346 g/mol. The van der Waals surface area contributed by atoms with Gasteiger partial charge in [-0.25, -0.2) is 15.0 Å². The number of aryl methyl sites for hydroxylation is 1. The lowest BCUT2D eigenvalue weighted by molar-refractivity contribution is 0.840. The highest BCUT2D eigenvalue weighted by Gasteiger charge is 2.18. The smallest absolute Gasteiger partial charge is 0.275 e. The Morgan fingerprint density at radius 1 is 1.15 bits per heavy atom. The van der Waals surface area contributed by atoms with Gasteiger partial charge in [0.2, 0.25) is 0 Å². The van der Waals surface area contributed by atoms with E-state index >= 15 is 0 Å². The zero-order valence-electron chi connectivity index (χ0n) is 14.9. The van der Waals surface area contributed by atoms with E-state index < -0.39 is 0 Å². The minimum atomic E-state index is -0.0778. The van der Waals surface area contributed by atoms with Gasteiger partial charge in [0.1, 0.15) is 33.5 Å². The van der Waals surface area contributed by atoms with Crippen LogP contribution in [0.15, 0.2) is 41.7 Å². The number of hydrogen-bond acceptors (Lipinski definition) is 6. The SMILES string of the molecule is CCCN(C)c1ncnc2sc3c(=O)n(-c4ccc(C)cc4)cnc3c12. The number of rotatable bonds is 4. The van der Waals surface area contributed by atoms with E-state index in [0.717, 1.165) is 40.3 Å². The maximum atomic E-state index is 13.1. The van der Waals surface area contributed by atoms with Crippen LogP contribution in [0.1, 0.15) is 18.9 Å². The first-order valence-electron chi connectivity index (χ1n) is 8.53. The lowest BCUT2D eigenvalue weighted by atomic mass is 10.2. The molecule has 26 heavy (non-hydrogen) atoms. The molecule has 0 aliphatic carbocycles. The van der Waals surface area contributed by atoms with Gasteiger partial charge in [-0.2, -0.15) is 0 Å². The van der Waals surface area contributed by atoms with Crippen molar-refractivity contribution in [3.05, 3.63) is 52.8 Å². The molecule has 3 heterocycles. The highest BCUT2D eigenvalue weighted by atomic mass is 32.1. The molecule has 0 atom stereocenters. The molecule has 4 rings (SSSR count). The van der Waals surface area contributed by atoms with Crippen LogP contribution in [0, 0.1) is 6.92 Å². The predicted octanol–water partition coefficient (Wildman–Crippen LogP) is 3.55. The molecule has 0 aliphatic rings. The van der Waals surface area contributed by atoms with E-state index in [9.17, 15) is 4.79 Å². The second-order valence-corrected chi connectivity index (χ2v) is 7.33. The lowest BCUT2D eigenvalue weighted by Gasteiger charge is -2.17. The van der Waals surface area contributed by atoms with Crippen molar-refractivity contribution < 1.29 is 0 Å². The molecule has 0 bridgehead atoms. The van der Waals surface area contributed by atoms with Crippen molar-refractivity contribution in [2.45, 2.75) is 20.3 Å². The normalized spacial score (nSPS) is 11.3. The van der Waals surface area contributed by atoms with Crippen molar-refractivity contribution in [3.63, 3.8) is 0 Å². The van der Waals surface area contributed by atoms with Crippen molar-refractivity contribution in [3.8, 4) is 5.69 Å². The van der Waals surface area contributed by atoms with E-state index in [0.29, 0.717) is 10.2 Å². The highest BCUT2D eigenvalue weighted by molar-refractivity contribution is 7.25. The van der Waals surface area contributed by atoms with Crippen molar-refractivity contribution in [1.29, 1.82) is 0 Å². The van der Waals surface area contributed by atoms with Gasteiger partial charge >= 0.3 is 0 Å². The van der Waals surface area contributed by atoms with Crippen LogP contribution in [0.25, 0.3) is 26.1 Å². The van der Waals surface area contributed by atoms with Crippen molar-refractivity contribution in [2.75, 3.05) is 18.5 Å². The molecule has 7 heteroatoms. The van der Waals surface area contributed by atoms with Crippen molar-refractivity contribution in [1.82, 2.24) is 19.5 Å². The molecule has 0 aliphatic heterocycles. The Hall–Kier alpha value is -2.80. The lowest BCUT2D eigenvalue weighted by Crippen LogP contribution is -2.20. The first-order chi connectivity index (χ1) is 12.6. The summed E-state index contributed by atoms with van der Waals surface area (Å²) in [4.78, 5) is 29.3. The average Bonchev–Trinajstić information content (AvgIpc) is 3.03. The van der Waals surface area contributed by atoms with Gasteiger partial charge in [0.25, 0.3) is 5.56 Å². The Balaban J connectivity index is 1.97. The van der Waals surface area contributed by atoms with E-state index in [1.54, 1.807) is 17.2 Å². The fourth-order valence-electron chi connectivity index (χ4n) is 3.07. The first-order valence-corrected chi connectivity index (χ1v) is 9.35. The van der Waals surface area contributed by atoms with Crippen LogP contribution in [0.5, 0.6) is 0 Å². The summed E-state index contributed by atoms with van der Waals surface area (Å²) in [5, 5.41) is 0.858. The molecule has 0 unspecified atom stereocenters. The van der Waals surface area contributed by atoms with Crippen LogP contribution in [-0.4, -0.2) is 33.1 Å². The van der Waals surface area contributed by atoms with Gasteiger partial charge in [-0.05, 0) is 25.5 Å². The first kappa shape index (κ1) is 16.7. The number of anilines is 1. The van der Waals surface area contributed by atoms with E-state index in [1.807, 2.05) is 38.2 Å². The zero-order chi connectivity index (χ0) is 18.3. The minimum Gasteiger partial charge on any atom is -0.359 e. The number of fused-ring (bicyclic) bond motifs is 3. The summed E-state index contributed by atoms with van der Waals surface area (Å²) >= 11 is 1.38. The summed E-state index contributed by atoms with van der Waals surface area (Å²) in [5.74, 6) is 0.822. The van der Waals surface area contributed by atoms with Crippen LogP contribution >= 0.6 is 11.3 Å². The van der Waals surface area contributed by atoms with Crippen LogP contribution in [0.3, 0.4) is 0 Å². The minimum absolute atomic E-state index is 0.0778. The monoisotopic (exact) mass is 365 g/mol. The maximum absolute atomic E-state index is 13.1. The van der Waals surface area contributed by atoms with E-state index in [-0.39, 0.29) is 5.56 Å². The zero-order valence-corrected chi connectivity index (χ0v) is 15.7. The molecule has 0 fully saturated rings. The van der Waals surface area contributed by atoms with Crippen molar-refractivity contribution >= 4 is 37.6 Å². The highest BCUT2D eigenvalue weighted by Crippen LogP contribution is 2.34. The summed E-state index contributed by atoms with van der Waals surface area (Å²) in [5.41, 5.74) is 2.56. The second kappa shape index (κ2) is 6.49. The fourth-order valence-corrected chi connectivity index (χ4v) is 4.09. The number of benzene rings is 1. The van der Waals surface area contributed by atoms with Gasteiger partial charge < -0.3 is 4.90 Å². The van der Waals surface area contributed by atoms with Gasteiger partial charge in [0.05, 0.1) is 11.1 Å². The molecule has 6 nitrogen and oxygen atoms in total. The van der Waals surface area contributed by atoms with E-state index in [4.69, 9.17) is 0 Å². The Labute approximate surface area is 154 Å². The van der Waals surface area contributed by atoms with E-state index in [1.165, 1.54) is 11.3 Å². The van der Waals surface area contributed by atoms with Crippen LogP contribution < -0.4 is 10.5 Å². The number of thiophene rings is 1. The number of hydrogen-bond donors (Lipinski definition) is 0. The summed E-state index contributed by atoms with van der Waals surface area (Å²) < 4.78 is 2.19. The molecule has 0 amide bonds. The van der Waals surface area contributed by atoms with Crippen LogP contribution in [-0.2, 0) is 0 Å². The topological polar surface area (TPSA) is 63.9 Å². The van der Waals surface area contributed by atoms with Gasteiger partial charge in [0, 0.05) is 13.6 Å². The molecule has 1 aromatic carbocycles. The van der Waals surface area contributed by atoms with Gasteiger partial charge in [-0.3, -0.25) is 9.36 Å². The van der Waals surface area contributed by atoms with Gasteiger partial charge in [0.15, 0.2) is 0 Å². The summed E-state index contributed by atoms with van der Waals surface area (Å²) in [6.45, 7) is 5.02. The Kier molecular flexibility index (Phi) is 4.16.